The van der Waals surface area contributed by atoms with Crippen LogP contribution in [0.1, 0.15) is 58.4 Å². The van der Waals surface area contributed by atoms with E-state index in [2.05, 4.69) is 10.3 Å². The molecule has 1 aromatic carbocycles. The summed E-state index contributed by atoms with van der Waals surface area (Å²) in [6.07, 6.45) is 0.607. The number of aromatic nitrogens is 1. The Morgan fingerprint density at radius 1 is 1.15 bits per heavy atom. The van der Waals surface area contributed by atoms with Gasteiger partial charge >= 0.3 is 0 Å². The van der Waals surface area contributed by atoms with Crippen LogP contribution in [0.4, 0.5) is 5.69 Å². The van der Waals surface area contributed by atoms with Crippen molar-refractivity contribution in [3.63, 3.8) is 0 Å². The standard InChI is InChI=1S/C21H28N2O4/c1-5-18-19(15(4)24)14(3)22-20(18)21(25)23-17-9-7-8-16(12-17)13-27-11-10-26-6-2/h7-9,12,22H,5-6,10-11,13H2,1-4H3,(H,23,25). The summed E-state index contributed by atoms with van der Waals surface area (Å²) < 4.78 is 10.8. The second-order valence-electron chi connectivity index (χ2n) is 6.29. The molecule has 0 radical (unpaired) electrons. The lowest BCUT2D eigenvalue weighted by atomic mass is 10.0. The molecule has 2 aromatic rings. The van der Waals surface area contributed by atoms with Crippen molar-refractivity contribution in [3.8, 4) is 0 Å². The second kappa shape index (κ2) is 10.0. The van der Waals surface area contributed by atoms with Gasteiger partial charge in [0.25, 0.3) is 5.91 Å². The van der Waals surface area contributed by atoms with Crippen LogP contribution in [0.25, 0.3) is 0 Å². The van der Waals surface area contributed by atoms with Crippen molar-refractivity contribution in [2.45, 2.75) is 40.7 Å². The molecule has 0 saturated heterocycles. The van der Waals surface area contributed by atoms with Crippen molar-refractivity contribution in [3.05, 3.63) is 52.3 Å². The van der Waals surface area contributed by atoms with Crippen molar-refractivity contribution in [1.82, 2.24) is 4.98 Å². The minimum atomic E-state index is -0.253. The molecule has 0 aliphatic carbocycles. The summed E-state index contributed by atoms with van der Waals surface area (Å²) in [6.45, 7) is 9.44. The van der Waals surface area contributed by atoms with Crippen LogP contribution in [-0.4, -0.2) is 36.5 Å². The van der Waals surface area contributed by atoms with E-state index < -0.39 is 0 Å². The number of anilines is 1. The molecule has 0 atom stereocenters. The lowest BCUT2D eigenvalue weighted by Gasteiger charge is -2.09. The quantitative estimate of drug-likeness (QED) is 0.490. The number of aryl methyl sites for hydroxylation is 1. The number of benzene rings is 1. The molecule has 6 nitrogen and oxygen atoms in total. The van der Waals surface area contributed by atoms with Gasteiger partial charge in [-0.1, -0.05) is 19.1 Å². The van der Waals surface area contributed by atoms with Gasteiger partial charge in [0.2, 0.25) is 0 Å². The predicted octanol–water partition coefficient (Wildman–Crippen LogP) is 3.89. The Kier molecular flexibility index (Phi) is 7.76. The molecule has 0 unspecified atom stereocenters. The zero-order valence-corrected chi connectivity index (χ0v) is 16.5. The first-order valence-electron chi connectivity index (χ1n) is 9.26. The van der Waals surface area contributed by atoms with E-state index in [0.29, 0.717) is 49.8 Å². The van der Waals surface area contributed by atoms with Crippen LogP contribution < -0.4 is 5.32 Å². The molecular formula is C21H28N2O4. The molecule has 6 heteroatoms. The topological polar surface area (TPSA) is 80.4 Å². The summed E-state index contributed by atoms with van der Waals surface area (Å²) in [5.41, 5.74) is 4.18. The fourth-order valence-corrected chi connectivity index (χ4v) is 3.09. The van der Waals surface area contributed by atoms with Crippen molar-refractivity contribution >= 4 is 17.4 Å². The fraction of sp³-hybridized carbons (Fsp3) is 0.429. The number of H-pyrrole nitrogens is 1. The summed E-state index contributed by atoms with van der Waals surface area (Å²) >= 11 is 0. The highest BCUT2D eigenvalue weighted by Crippen LogP contribution is 2.22. The van der Waals surface area contributed by atoms with Crippen LogP contribution >= 0.6 is 0 Å². The Balaban J connectivity index is 2.07. The molecule has 2 rings (SSSR count). The third-order valence-electron chi connectivity index (χ3n) is 4.25. The SMILES string of the molecule is CCOCCOCc1cccc(NC(=O)c2[nH]c(C)c(C(C)=O)c2CC)c1. The number of hydrogen-bond donors (Lipinski definition) is 2. The van der Waals surface area contributed by atoms with Gasteiger partial charge in [-0.15, -0.1) is 0 Å². The first-order valence-corrected chi connectivity index (χ1v) is 9.26. The van der Waals surface area contributed by atoms with Crippen molar-refractivity contribution in [2.24, 2.45) is 0 Å². The molecule has 0 spiro atoms. The van der Waals surface area contributed by atoms with Gasteiger partial charge < -0.3 is 19.8 Å². The molecule has 1 amide bonds. The summed E-state index contributed by atoms with van der Waals surface area (Å²) in [6, 6.07) is 7.53. The molecule has 146 valence electrons. The van der Waals surface area contributed by atoms with Crippen LogP contribution in [0.5, 0.6) is 0 Å². The number of aromatic amines is 1. The number of rotatable bonds is 10. The molecule has 0 saturated carbocycles. The number of ketones is 1. The van der Waals surface area contributed by atoms with Crippen molar-refractivity contribution in [2.75, 3.05) is 25.1 Å². The van der Waals surface area contributed by atoms with Gasteiger partial charge in [-0.3, -0.25) is 9.59 Å². The van der Waals surface area contributed by atoms with Crippen LogP contribution in [-0.2, 0) is 22.5 Å². The van der Waals surface area contributed by atoms with E-state index in [1.54, 1.807) is 0 Å². The zero-order valence-electron chi connectivity index (χ0n) is 16.5. The summed E-state index contributed by atoms with van der Waals surface area (Å²) in [4.78, 5) is 27.7. The van der Waals surface area contributed by atoms with Crippen molar-refractivity contribution < 1.29 is 19.1 Å². The van der Waals surface area contributed by atoms with Crippen LogP contribution in [0, 0.1) is 6.92 Å². The third-order valence-corrected chi connectivity index (χ3v) is 4.25. The Bertz CT molecular complexity index is 795. The van der Waals surface area contributed by atoms with E-state index in [0.717, 1.165) is 16.8 Å². The number of Topliss-reactive ketones (excluding diaryl/α,β-unsaturated/α-hetero) is 1. The first-order chi connectivity index (χ1) is 13.0. The second-order valence-corrected chi connectivity index (χ2v) is 6.29. The smallest absolute Gasteiger partial charge is 0.272 e. The monoisotopic (exact) mass is 372 g/mol. The van der Waals surface area contributed by atoms with Crippen LogP contribution in [0.3, 0.4) is 0 Å². The average Bonchev–Trinajstić information content (AvgIpc) is 2.98. The number of carbonyl (C=O) groups is 2. The summed E-state index contributed by atoms with van der Waals surface area (Å²) in [5.74, 6) is -0.289. The number of hydrogen-bond acceptors (Lipinski definition) is 4. The summed E-state index contributed by atoms with van der Waals surface area (Å²) in [5, 5.41) is 2.90. The highest BCUT2D eigenvalue weighted by Gasteiger charge is 2.21. The van der Waals surface area contributed by atoms with E-state index in [9.17, 15) is 9.59 Å². The van der Waals surface area contributed by atoms with Crippen LogP contribution in [0.2, 0.25) is 0 Å². The number of nitrogens with one attached hydrogen (secondary N) is 2. The molecule has 0 bridgehead atoms. The molecule has 1 heterocycles. The largest absolute Gasteiger partial charge is 0.379 e. The van der Waals surface area contributed by atoms with Gasteiger partial charge in [-0.05, 0) is 50.5 Å². The minimum absolute atomic E-state index is 0.0363. The van der Waals surface area contributed by atoms with Gasteiger partial charge in [-0.2, -0.15) is 0 Å². The highest BCUT2D eigenvalue weighted by atomic mass is 16.5. The maximum atomic E-state index is 12.7. The zero-order chi connectivity index (χ0) is 19.8. The normalized spacial score (nSPS) is 10.8. The van der Waals surface area contributed by atoms with Crippen molar-refractivity contribution in [1.29, 1.82) is 0 Å². The maximum absolute atomic E-state index is 12.7. The van der Waals surface area contributed by atoms with E-state index >= 15 is 0 Å². The number of ether oxygens (including phenoxy) is 2. The Morgan fingerprint density at radius 3 is 2.56 bits per heavy atom. The Morgan fingerprint density at radius 2 is 1.89 bits per heavy atom. The van der Waals surface area contributed by atoms with Gasteiger partial charge in [0.1, 0.15) is 5.69 Å². The maximum Gasteiger partial charge on any atom is 0.272 e. The average molecular weight is 372 g/mol. The number of amides is 1. The lowest BCUT2D eigenvalue weighted by Crippen LogP contribution is -2.15. The van der Waals surface area contributed by atoms with Gasteiger partial charge in [0, 0.05) is 23.6 Å². The van der Waals surface area contributed by atoms with E-state index in [4.69, 9.17) is 9.47 Å². The van der Waals surface area contributed by atoms with Crippen LogP contribution in [0.15, 0.2) is 24.3 Å². The molecular weight excluding hydrogens is 344 g/mol. The van der Waals surface area contributed by atoms with E-state index in [1.165, 1.54) is 6.92 Å². The van der Waals surface area contributed by atoms with Gasteiger partial charge in [-0.25, -0.2) is 0 Å². The lowest BCUT2D eigenvalue weighted by molar-refractivity contribution is 0.0453. The fourth-order valence-electron chi connectivity index (χ4n) is 3.09. The molecule has 1 aromatic heterocycles. The molecule has 27 heavy (non-hydrogen) atoms. The Hall–Kier alpha value is -2.44. The van der Waals surface area contributed by atoms with E-state index in [-0.39, 0.29) is 11.7 Å². The van der Waals surface area contributed by atoms with E-state index in [1.807, 2.05) is 45.0 Å². The van der Waals surface area contributed by atoms with Gasteiger partial charge in [0.05, 0.1) is 19.8 Å². The first kappa shape index (κ1) is 20.9. The number of carbonyl (C=O) groups excluding carboxylic acids is 2. The van der Waals surface area contributed by atoms with Gasteiger partial charge in [0.15, 0.2) is 5.78 Å². The highest BCUT2D eigenvalue weighted by molar-refractivity contribution is 6.07. The third kappa shape index (κ3) is 5.52. The molecule has 0 aliphatic rings. The predicted molar refractivity (Wildman–Crippen MR) is 105 cm³/mol. The Labute approximate surface area is 160 Å². The summed E-state index contributed by atoms with van der Waals surface area (Å²) in [7, 11) is 0. The molecule has 0 aliphatic heterocycles. The minimum Gasteiger partial charge on any atom is -0.379 e. The molecule has 2 N–H and O–H groups in total. The molecule has 0 fully saturated rings.